The van der Waals surface area contributed by atoms with Crippen LogP contribution in [0, 0.1) is 0 Å². The van der Waals surface area contributed by atoms with Crippen molar-refractivity contribution in [2.75, 3.05) is 0 Å². The maximum Gasteiger partial charge on any atom is 0.00424 e. The summed E-state index contributed by atoms with van der Waals surface area (Å²) in [6, 6.07) is 0. The highest BCUT2D eigenvalue weighted by molar-refractivity contribution is 9.11. The Kier molecular flexibility index (Phi) is 6.98. The molecule has 0 fully saturated rings. The van der Waals surface area contributed by atoms with Gasteiger partial charge in [0.05, 0.1) is 0 Å². The Labute approximate surface area is 62.7 Å². The van der Waals surface area contributed by atoms with Gasteiger partial charge in [0.25, 0.3) is 0 Å². The molecule has 0 unspecified atom stereocenters. The van der Waals surface area contributed by atoms with E-state index in [1.807, 2.05) is 18.2 Å². The van der Waals surface area contributed by atoms with E-state index in [1.165, 1.54) is 5.54 Å². The van der Waals surface area contributed by atoms with Gasteiger partial charge in [-0.25, -0.2) is 0 Å². The number of halogens is 2. The van der Waals surface area contributed by atoms with Gasteiger partial charge in [-0.05, 0) is 4.99 Å². The first-order valence-electron chi connectivity index (χ1n) is 2.10. The van der Waals surface area contributed by atoms with Crippen LogP contribution in [0.4, 0.5) is 0 Å². The fourth-order valence-corrected chi connectivity index (χ4v) is 0.473. The van der Waals surface area contributed by atoms with Crippen LogP contribution in [0.2, 0.25) is 0 Å². The van der Waals surface area contributed by atoms with Crippen molar-refractivity contribution in [3.05, 3.63) is 34.8 Å². The van der Waals surface area contributed by atoms with Gasteiger partial charge in [-0.3, -0.25) is 0 Å². The summed E-state index contributed by atoms with van der Waals surface area (Å²) >= 11 is 8.33. The molecule has 0 bridgehead atoms. The van der Waals surface area contributed by atoms with Crippen LogP contribution in [0.5, 0.6) is 0 Å². The van der Waals surface area contributed by atoms with Gasteiger partial charge < -0.3 is 0 Å². The second-order valence-electron chi connectivity index (χ2n) is 1.02. The normalized spacial score (nSPS) is 12.8. The van der Waals surface area contributed by atoms with E-state index in [4.69, 9.17) is 11.6 Å². The molecule has 0 saturated heterocycles. The van der Waals surface area contributed by atoms with Gasteiger partial charge in [-0.2, -0.15) is 0 Å². The van der Waals surface area contributed by atoms with Gasteiger partial charge >= 0.3 is 0 Å². The predicted molar refractivity (Wildman–Crippen MR) is 42.2 cm³/mol. The highest BCUT2D eigenvalue weighted by Gasteiger charge is 1.57. The average Bonchev–Trinajstić information content (AvgIpc) is 1.81. The summed E-state index contributed by atoms with van der Waals surface area (Å²) in [6.45, 7) is 0. The fraction of sp³-hybridized carbons (Fsp3) is 0. The Hall–Kier alpha value is -0.0100. The quantitative estimate of drug-likeness (QED) is 0.591. The van der Waals surface area contributed by atoms with Crippen LogP contribution < -0.4 is 0 Å². The van der Waals surface area contributed by atoms with Crippen molar-refractivity contribution in [2.24, 2.45) is 0 Å². The van der Waals surface area contributed by atoms with Gasteiger partial charge in [-0.1, -0.05) is 51.8 Å². The van der Waals surface area contributed by atoms with Gasteiger partial charge in [0, 0.05) is 5.54 Å². The minimum Gasteiger partial charge on any atom is -0.0930 e. The number of hydrogen-bond donors (Lipinski definition) is 0. The molecular formula is C6H6BrCl. The third-order valence-electron chi connectivity index (χ3n) is 0.479. The lowest BCUT2D eigenvalue weighted by atomic mass is 10.5. The Bertz CT molecular complexity index is 99.7. The van der Waals surface area contributed by atoms with Crippen molar-refractivity contribution in [1.82, 2.24) is 0 Å². The lowest BCUT2D eigenvalue weighted by Crippen LogP contribution is -1.43. The second kappa shape index (κ2) is 6.99. The van der Waals surface area contributed by atoms with Crippen LogP contribution >= 0.6 is 27.5 Å². The SMILES string of the molecule is Cl/C=C/C=C/C=C/Br. The largest absolute Gasteiger partial charge is 0.0930 e. The molecule has 2 heteroatoms. The third-order valence-corrected chi connectivity index (χ3v) is 0.930. The van der Waals surface area contributed by atoms with Crippen LogP contribution in [-0.4, -0.2) is 0 Å². The van der Waals surface area contributed by atoms with Gasteiger partial charge in [0.1, 0.15) is 0 Å². The molecule has 0 saturated carbocycles. The first kappa shape index (κ1) is 7.99. The molecule has 0 aliphatic rings. The van der Waals surface area contributed by atoms with Crippen molar-refractivity contribution in [3.63, 3.8) is 0 Å². The summed E-state index contributed by atoms with van der Waals surface area (Å²) in [6.07, 6.45) is 7.31. The van der Waals surface area contributed by atoms with Gasteiger partial charge in [-0.15, -0.1) is 0 Å². The lowest BCUT2D eigenvalue weighted by Gasteiger charge is -1.66. The monoisotopic (exact) mass is 192 g/mol. The lowest BCUT2D eigenvalue weighted by molar-refractivity contribution is 1.96. The molecule has 0 heterocycles. The molecule has 8 heavy (non-hydrogen) atoms. The Morgan fingerprint density at radius 2 is 1.62 bits per heavy atom. The fourth-order valence-electron chi connectivity index (χ4n) is 0.212. The molecule has 0 radical (unpaired) electrons. The van der Waals surface area contributed by atoms with E-state index in [0.717, 1.165) is 0 Å². The van der Waals surface area contributed by atoms with E-state index >= 15 is 0 Å². The standard InChI is InChI=1S/C6H6BrCl/c7-5-3-1-2-4-6-8/h1-6H/b2-1+,5-3+,6-4+. The second-order valence-corrected chi connectivity index (χ2v) is 1.80. The molecule has 0 N–H and O–H groups in total. The minimum atomic E-state index is 1.46. The zero-order valence-corrected chi connectivity index (χ0v) is 6.56. The van der Waals surface area contributed by atoms with E-state index in [2.05, 4.69) is 15.9 Å². The van der Waals surface area contributed by atoms with Crippen LogP contribution in [0.1, 0.15) is 0 Å². The van der Waals surface area contributed by atoms with Crippen molar-refractivity contribution in [2.45, 2.75) is 0 Å². The zero-order valence-electron chi connectivity index (χ0n) is 4.22. The molecule has 0 nitrogen and oxygen atoms in total. The molecule has 0 atom stereocenters. The van der Waals surface area contributed by atoms with Crippen molar-refractivity contribution in [1.29, 1.82) is 0 Å². The predicted octanol–water partition coefficient (Wildman–Crippen LogP) is 3.20. The highest BCUT2D eigenvalue weighted by atomic mass is 79.9. The summed E-state index contributed by atoms with van der Waals surface area (Å²) < 4.78 is 0. The third kappa shape index (κ3) is 5.99. The summed E-state index contributed by atoms with van der Waals surface area (Å²) in [5.41, 5.74) is 1.46. The average molecular weight is 193 g/mol. The van der Waals surface area contributed by atoms with E-state index in [1.54, 1.807) is 11.1 Å². The smallest absolute Gasteiger partial charge is 0.00424 e. The molecule has 0 amide bonds. The molecule has 0 rings (SSSR count). The minimum absolute atomic E-state index is 1.46. The van der Waals surface area contributed by atoms with Crippen LogP contribution in [-0.2, 0) is 0 Å². The zero-order chi connectivity index (χ0) is 6.24. The summed E-state index contributed by atoms with van der Waals surface area (Å²) in [5.74, 6) is 0. The van der Waals surface area contributed by atoms with E-state index in [9.17, 15) is 0 Å². The first-order chi connectivity index (χ1) is 3.91. The highest BCUT2D eigenvalue weighted by Crippen LogP contribution is 1.85. The van der Waals surface area contributed by atoms with Crippen molar-refractivity contribution in [3.8, 4) is 0 Å². The Morgan fingerprint density at radius 1 is 1.00 bits per heavy atom. The molecule has 0 aliphatic carbocycles. The van der Waals surface area contributed by atoms with E-state index in [-0.39, 0.29) is 0 Å². The van der Waals surface area contributed by atoms with Crippen LogP contribution in [0.15, 0.2) is 34.8 Å². The molecular weight excluding hydrogens is 187 g/mol. The number of rotatable bonds is 2. The first-order valence-corrected chi connectivity index (χ1v) is 3.46. The molecule has 0 spiro atoms. The van der Waals surface area contributed by atoms with Crippen molar-refractivity contribution >= 4 is 27.5 Å². The molecule has 0 aromatic heterocycles. The topological polar surface area (TPSA) is 0 Å². The summed E-state index contributed by atoms with van der Waals surface area (Å²) in [5, 5.41) is 0. The Morgan fingerprint density at radius 3 is 2.12 bits per heavy atom. The number of hydrogen-bond acceptors (Lipinski definition) is 0. The maximum absolute atomic E-state index is 5.21. The van der Waals surface area contributed by atoms with Crippen molar-refractivity contribution < 1.29 is 0 Å². The van der Waals surface area contributed by atoms with Gasteiger partial charge in [0.2, 0.25) is 0 Å². The van der Waals surface area contributed by atoms with Crippen LogP contribution in [0.3, 0.4) is 0 Å². The summed E-state index contributed by atoms with van der Waals surface area (Å²) in [7, 11) is 0. The molecule has 0 aromatic carbocycles. The molecule has 0 aromatic rings. The maximum atomic E-state index is 5.21. The van der Waals surface area contributed by atoms with E-state index < -0.39 is 0 Å². The Balaban J connectivity index is 3.35. The molecule has 44 valence electrons. The van der Waals surface area contributed by atoms with Crippen LogP contribution in [0.25, 0.3) is 0 Å². The molecule has 0 aliphatic heterocycles. The van der Waals surface area contributed by atoms with Gasteiger partial charge in [0.15, 0.2) is 0 Å². The number of allylic oxidation sites excluding steroid dienone is 4. The van der Waals surface area contributed by atoms with E-state index in [0.29, 0.717) is 0 Å². The summed E-state index contributed by atoms with van der Waals surface area (Å²) in [4.78, 5) is 1.77.